The van der Waals surface area contributed by atoms with Crippen molar-refractivity contribution in [2.75, 3.05) is 20.3 Å². The van der Waals surface area contributed by atoms with Gasteiger partial charge in [0, 0.05) is 30.1 Å². The fourth-order valence-corrected chi connectivity index (χ4v) is 2.94. The number of likely N-dealkylation sites (N-methyl/N-ethyl adjacent to an activating group) is 1. The number of aliphatic carboxylic acids is 1. The Kier molecular flexibility index (Phi) is 4.52. The molecular formula is C13H17NO3S. The molecule has 18 heavy (non-hydrogen) atoms. The summed E-state index contributed by atoms with van der Waals surface area (Å²) in [6.45, 7) is 2.47. The predicted octanol–water partition coefficient (Wildman–Crippen LogP) is 2.07. The molecule has 0 radical (unpaired) electrons. The highest BCUT2D eigenvalue weighted by Gasteiger charge is 2.20. The van der Waals surface area contributed by atoms with Crippen LogP contribution in [0.25, 0.3) is 6.08 Å². The molecule has 5 heteroatoms. The van der Waals surface area contributed by atoms with Crippen LogP contribution in [-0.4, -0.2) is 42.3 Å². The van der Waals surface area contributed by atoms with E-state index in [1.54, 1.807) is 17.4 Å². The van der Waals surface area contributed by atoms with Gasteiger partial charge in [0.2, 0.25) is 0 Å². The lowest BCUT2D eigenvalue weighted by molar-refractivity contribution is -0.131. The van der Waals surface area contributed by atoms with Crippen molar-refractivity contribution < 1.29 is 14.6 Å². The van der Waals surface area contributed by atoms with Gasteiger partial charge in [0.25, 0.3) is 0 Å². The first kappa shape index (κ1) is 13.3. The maximum Gasteiger partial charge on any atom is 0.328 e. The molecule has 1 saturated heterocycles. The third-order valence-electron chi connectivity index (χ3n) is 3.11. The monoisotopic (exact) mass is 267 g/mol. The van der Waals surface area contributed by atoms with E-state index in [2.05, 4.69) is 11.9 Å². The molecule has 1 unspecified atom stereocenters. The van der Waals surface area contributed by atoms with Crippen LogP contribution < -0.4 is 0 Å². The number of carbonyl (C=O) groups is 1. The van der Waals surface area contributed by atoms with Gasteiger partial charge in [-0.2, -0.15) is 0 Å². The number of ether oxygens (including phenoxy) is 1. The minimum atomic E-state index is -0.912. The second-order valence-electron chi connectivity index (χ2n) is 4.40. The molecule has 0 aromatic carbocycles. The van der Waals surface area contributed by atoms with Crippen LogP contribution in [0, 0.1) is 0 Å². The van der Waals surface area contributed by atoms with Gasteiger partial charge in [-0.1, -0.05) is 0 Å². The number of nitrogens with zero attached hydrogens (tertiary/aromatic N) is 1. The Labute approximate surface area is 110 Å². The summed E-state index contributed by atoms with van der Waals surface area (Å²) in [6, 6.07) is 2.43. The van der Waals surface area contributed by atoms with Crippen molar-refractivity contribution >= 4 is 23.4 Å². The summed E-state index contributed by atoms with van der Waals surface area (Å²) in [6.07, 6.45) is 3.92. The Bertz CT molecular complexity index is 435. The molecule has 0 bridgehead atoms. The lowest BCUT2D eigenvalue weighted by Gasteiger charge is -2.22. The molecule has 2 rings (SSSR count). The fraction of sp³-hybridized carbons (Fsp3) is 0.462. The van der Waals surface area contributed by atoms with Gasteiger partial charge < -0.3 is 9.84 Å². The first-order valence-electron chi connectivity index (χ1n) is 5.92. The lowest BCUT2D eigenvalue weighted by Crippen LogP contribution is -2.31. The van der Waals surface area contributed by atoms with Crippen molar-refractivity contribution in [2.24, 2.45) is 0 Å². The van der Waals surface area contributed by atoms with Crippen molar-refractivity contribution in [3.8, 4) is 0 Å². The van der Waals surface area contributed by atoms with E-state index in [1.165, 1.54) is 11.0 Å². The summed E-state index contributed by atoms with van der Waals surface area (Å²) in [5.74, 6) is -0.912. The molecule has 4 nitrogen and oxygen atoms in total. The Morgan fingerprint density at radius 3 is 3.22 bits per heavy atom. The summed E-state index contributed by atoms with van der Waals surface area (Å²) in [5, 5.41) is 10.6. The zero-order valence-electron chi connectivity index (χ0n) is 10.3. The molecule has 1 aromatic rings. The Morgan fingerprint density at radius 2 is 2.56 bits per heavy atom. The first-order chi connectivity index (χ1) is 8.66. The van der Waals surface area contributed by atoms with Crippen molar-refractivity contribution in [1.29, 1.82) is 0 Å². The number of carboxylic acid groups (broad SMARTS) is 1. The molecule has 2 heterocycles. The normalized spacial score (nSPS) is 20.0. The van der Waals surface area contributed by atoms with Crippen LogP contribution in [0.3, 0.4) is 0 Å². The molecule has 1 atom stereocenters. The van der Waals surface area contributed by atoms with Crippen LogP contribution in [0.4, 0.5) is 0 Å². The van der Waals surface area contributed by atoms with Gasteiger partial charge in [0.05, 0.1) is 6.61 Å². The van der Waals surface area contributed by atoms with Gasteiger partial charge in [0.1, 0.15) is 0 Å². The average molecular weight is 267 g/mol. The summed E-state index contributed by atoms with van der Waals surface area (Å²) in [7, 11) is 2.09. The molecule has 0 aliphatic carbocycles. The number of carboxylic acids is 1. The highest BCUT2D eigenvalue weighted by atomic mass is 32.1. The average Bonchev–Trinajstić information content (AvgIpc) is 2.97. The highest BCUT2D eigenvalue weighted by Crippen LogP contribution is 2.22. The van der Waals surface area contributed by atoms with E-state index >= 15 is 0 Å². The summed E-state index contributed by atoms with van der Waals surface area (Å²) in [4.78, 5) is 14.0. The van der Waals surface area contributed by atoms with Crippen LogP contribution in [0.1, 0.15) is 16.9 Å². The van der Waals surface area contributed by atoms with Crippen molar-refractivity contribution in [2.45, 2.75) is 19.0 Å². The van der Waals surface area contributed by atoms with Crippen LogP contribution in [-0.2, 0) is 16.1 Å². The molecule has 1 aliphatic heterocycles. The van der Waals surface area contributed by atoms with E-state index in [0.717, 1.165) is 31.7 Å². The lowest BCUT2D eigenvalue weighted by atomic mass is 10.2. The smallest absolute Gasteiger partial charge is 0.328 e. The molecule has 1 fully saturated rings. The topological polar surface area (TPSA) is 49.8 Å². The van der Waals surface area contributed by atoms with Crippen molar-refractivity contribution in [3.63, 3.8) is 0 Å². The second-order valence-corrected chi connectivity index (χ2v) is 5.40. The summed E-state index contributed by atoms with van der Waals surface area (Å²) < 4.78 is 5.38. The van der Waals surface area contributed by atoms with E-state index in [4.69, 9.17) is 9.84 Å². The molecule has 0 saturated carbocycles. The highest BCUT2D eigenvalue weighted by molar-refractivity contribution is 7.10. The van der Waals surface area contributed by atoms with Gasteiger partial charge in [-0.05, 0) is 36.6 Å². The SMILES string of the molecule is CN(Cc1sccc1/C=C/C(=O)O)C1CCOC1. The van der Waals surface area contributed by atoms with E-state index in [9.17, 15) is 4.79 Å². The number of thiophene rings is 1. The molecular weight excluding hydrogens is 250 g/mol. The molecule has 0 spiro atoms. The van der Waals surface area contributed by atoms with E-state index in [1.807, 2.05) is 11.4 Å². The molecule has 1 aromatic heterocycles. The third kappa shape index (κ3) is 3.41. The molecule has 98 valence electrons. The predicted molar refractivity (Wildman–Crippen MR) is 71.7 cm³/mol. The minimum Gasteiger partial charge on any atom is -0.478 e. The van der Waals surface area contributed by atoms with Crippen LogP contribution in [0.15, 0.2) is 17.5 Å². The van der Waals surface area contributed by atoms with E-state index in [0.29, 0.717) is 6.04 Å². The van der Waals surface area contributed by atoms with Crippen molar-refractivity contribution in [3.05, 3.63) is 28.0 Å². The Morgan fingerprint density at radius 1 is 1.72 bits per heavy atom. The second kappa shape index (κ2) is 6.13. The third-order valence-corrected chi connectivity index (χ3v) is 4.03. The molecule has 1 N–H and O–H groups in total. The van der Waals surface area contributed by atoms with Crippen molar-refractivity contribution in [1.82, 2.24) is 4.90 Å². The number of hydrogen-bond donors (Lipinski definition) is 1. The fourth-order valence-electron chi connectivity index (χ4n) is 2.01. The zero-order chi connectivity index (χ0) is 13.0. The summed E-state index contributed by atoms with van der Waals surface area (Å²) in [5.41, 5.74) is 0.994. The number of hydrogen-bond acceptors (Lipinski definition) is 4. The minimum absolute atomic E-state index is 0.475. The maximum atomic E-state index is 10.5. The van der Waals surface area contributed by atoms with Gasteiger partial charge >= 0.3 is 5.97 Å². The quantitative estimate of drug-likeness (QED) is 0.830. The Balaban J connectivity index is 2.00. The largest absolute Gasteiger partial charge is 0.478 e. The van der Waals surface area contributed by atoms with Gasteiger partial charge in [0.15, 0.2) is 0 Å². The van der Waals surface area contributed by atoms with Gasteiger partial charge in [-0.15, -0.1) is 11.3 Å². The van der Waals surface area contributed by atoms with Crippen LogP contribution in [0.2, 0.25) is 0 Å². The van der Waals surface area contributed by atoms with Gasteiger partial charge in [-0.25, -0.2) is 4.79 Å². The zero-order valence-corrected chi connectivity index (χ0v) is 11.2. The molecule has 0 amide bonds. The maximum absolute atomic E-state index is 10.5. The van der Waals surface area contributed by atoms with Crippen LogP contribution >= 0.6 is 11.3 Å². The van der Waals surface area contributed by atoms with Gasteiger partial charge in [-0.3, -0.25) is 4.90 Å². The first-order valence-corrected chi connectivity index (χ1v) is 6.80. The summed E-state index contributed by atoms with van der Waals surface area (Å²) >= 11 is 1.66. The number of rotatable bonds is 5. The van der Waals surface area contributed by atoms with E-state index in [-0.39, 0.29) is 0 Å². The van der Waals surface area contributed by atoms with E-state index < -0.39 is 5.97 Å². The molecule has 1 aliphatic rings. The standard InChI is InChI=1S/C13H17NO3S/c1-14(11-4-6-17-9-11)8-12-10(5-7-18-12)2-3-13(15)16/h2-3,5,7,11H,4,6,8-9H2,1H3,(H,15,16)/b3-2+. The van der Waals surface area contributed by atoms with Crippen LogP contribution in [0.5, 0.6) is 0 Å². The Hall–Kier alpha value is -1.17.